The molecule has 0 atom stereocenters. The number of anilines is 2. The number of aromatic hydroxyl groups is 1. The predicted octanol–water partition coefficient (Wildman–Crippen LogP) is 2.87. The second-order valence-electron chi connectivity index (χ2n) is 7.85. The average molecular weight is 411 g/mol. The first-order chi connectivity index (χ1) is 14.4. The van der Waals surface area contributed by atoms with E-state index in [1.807, 2.05) is 16.7 Å². The third kappa shape index (κ3) is 3.93. The van der Waals surface area contributed by atoms with Crippen LogP contribution in [0.4, 0.5) is 17.3 Å². The molecule has 30 heavy (non-hydrogen) atoms. The Morgan fingerprint density at radius 2 is 1.90 bits per heavy atom. The molecule has 2 aromatic heterocycles. The fourth-order valence-electron chi connectivity index (χ4n) is 3.73. The zero-order valence-electron chi connectivity index (χ0n) is 17.0. The Hall–Kier alpha value is -3.56. The summed E-state index contributed by atoms with van der Waals surface area (Å²) in [6, 6.07) is 8.77. The molecule has 10 heteroatoms. The number of benzene rings is 1. The number of nitro groups is 1. The second-order valence-corrected chi connectivity index (χ2v) is 7.85. The lowest BCUT2D eigenvalue weighted by Gasteiger charge is -2.36. The highest BCUT2D eigenvalue weighted by atomic mass is 16.6. The summed E-state index contributed by atoms with van der Waals surface area (Å²) < 4.78 is 2.03. The highest BCUT2D eigenvalue weighted by Crippen LogP contribution is 2.28. The van der Waals surface area contributed by atoms with Crippen molar-refractivity contribution in [3.05, 3.63) is 46.6 Å². The van der Waals surface area contributed by atoms with Gasteiger partial charge in [-0.25, -0.2) is 0 Å². The summed E-state index contributed by atoms with van der Waals surface area (Å²) >= 11 is 0. The Labute approximate surface area is 173 Å². The molecule has 3 heterocycles. The van der Waals surface area contributed by atoms with Crippen LogP contribution in [-0.4, -0.2) is 56.0 Å². The summed E-state index contributed by atoms with van der Waals surface area (Å²) in [6.45, 7) is 8.04. The van der Waals surface area contributed by atoms with Gasteiger partial charge < -0.3 is 19.9 Å². The maximum absolute atomic E-state index is 11.0. The van der Waals surface area contributed by atoms with Crippen molar-refractivity contribution in [1.29, 1.82) is 0 Å². The number of piperazine rings is 1. The molecule has 1 fully saturated rings. The molecule has 0 saturated carbocycles. The van der Waals surface area contributed by atoms with Gasteiger partial charge in [0.2, 0.25) is 5.95 Å². The summed E-state index contributed by atoms with van der Waals surface area (Å²) in [5, 5.41) is 29.6. The zero-order chi connectivity index (χ0) is 21.3. The van der Waals surface area contributed by atoms with Crippen LogP contribution in [0.25, 0.3) is 11.5 Å². The molecule has 3 aromatic rings. The second kappa shape index (κ2) is 8.05. The van der Waals surface area contributed by atoms with E-state index in [0.717, 1.165) is 37.8 Å². The van der Waals surface area contributed by atoms with Crippen molar-refractivity contribution in [3.8, 4) is 17.3 Å². The van der Waals surface area contributed by atoms with Gasteiger partial charge in [0, 0.05) is 50.5 Å². The molecular weight excluding hydrogens is 386 g/mol. The van der Waals surface area contributed by atoms with E-state index in [0.29, 0.717) is 24.0 Å². The molecule has 1 aliphatic rings. The van der Waals surface area contributed by atoms with Gasteiger partial charge in [-0.15, -0.1) is 10.2 Å². The number of H-pyrrole nitrogens is 1. The number of hydrogen-bond acceptors (Lipinski definition) is 7. The molecule has 1 aromatic carbocycles. The molecule has 0 amide bonds. The van der Waals surface area contributed by atoms with Crippen molar-refractivity contribution in [2.45, 2.75) is 20.4 Å². The molecule has 1 saturated heterocycles. The topological polar surface area (TPSA) is 116 Å². The van der Waals surface area contributed by atoms with Crippen LogP contribution in [0.15, 0.2) is 36.5 Å². The van der Waals surface area contributed by atoms with Gasteiger partial charge in [-0.2, -0.15) is 0 Å². The van der Waals surface area contributed by atoms with Crippen LogP contribution < -0.4 is 9.80 Å². The lowest BCUT2D eigenvalue weighted by molar-refractivity contribution is -0.384. The van der Waals surface area contributed by atoms with Crippen LogP contribution in [0.3, 0.4) is 0 Å². The van der Waals surface area contributed by atoms with E-state index in [-0.39, 0.29) is 11.4 Å². The fourth-order valence-corrected chi connectivity index (χ4v) is 3.73. The summed E-state index contributed by atoms with van der Waals surface area (Å²) in [6.07, 6.45) is 1.37. The number of rotatable bonds is 6. The Kier molecular flexibility index (Phi) is 5.30. The summed E-state index contributed by atoms with van der Waals surface area (Å²) in [5.41, 5.74) is 1.59. The van der Waals surface area contributed by atoms with Gasteiger partial charge in [-0.3, -0.25) is 14.7 Å². The van der Waals surface area contributed by atoms with Crippen molar-refractivity contribution >= 4 is 17.3 Å². The van der Waals surface area contributed by atoms with Gasteiger partial charge in [0.25, 0.3) is 5.69 Å². The van der Waals surface area contributed by atoms with E-state index < -0.39 is 4.92 Å². The minimum atomic E-state index is -0.426. The molecule has 10 nitrogen and oxygen atoms in total. The number of hydrogen-bond donors (Lipinski definition) is 2. The molecule has 2 N–H and O–H groups in total. The van der Waals surface area contributed by atoms with Crippen molar-refractivity contribution in [2.24, 2.45) is 5.92 Å². The largest absolute Gasteiger partial charge is 0.508 e. The van der Waals surface area contributed by atoms with E-state index in [1.54, 1.807) is 12.1 Å². The first kappa shape index (κ1) is 19.7. The van der Waals surface area contributed by atoms with Crippen LogP contribution in [-0.2, 0) is 6.54 Å². The number of aromatic amines is 1. The van der Waals surface area contributed by atoms with Crippen molar-refractivity contribution in [3.63, 3.8) is 0 Å². The SMILES string of the molecule is CC(C)Cn1c(-c2cc([N+](=O)[O-])c[nH]2)nnc1N1CCN(c2cccc(O)c2)CC1. The normalized spacial score (nSPS) is 14.5. The molecule has 0 unspecified atom stereocenters. The minimum absolute atomic E-state index is 0.00498. The van der Waals surface area contributed by atoms with Crippen molar-refractivity contribution in [1.82, 2.24) is 19.7 Å². The number of nitrogens with one attached hydrogen (secondary N) is 1. The quantitative estimate of drug-likeness (QED) is 0.473. The highest BCUT2D eigenvalue weighted by Gasteiger charge is 2.25. The number of aromatic nitrogens is 4. The summed E-state index contributed by atoms with van der Waals surface area (Å²) in [7, 11) is 0. The standard InChI is InChI=1S/C20H25N7O3/c1-14(2)13-26-19(18-11-16(12-21-18)27(29)30)22-23-20(26)25-8-6-24(7-9-25)15-4-3-5-17(28)10-15/h3-5,10-12,14,21,28H,6-9,13H2,1-2H3. The molecule has 4 rings (SSSR count). The molecule has 0 radical (unpaired) electrons. The van der Waals surface area contributed by atoms with Crippen LogP contribution in [0.1, 0.15) is 13.8 Å². The Morgan fingerprint density at radius 3 is 2.53 bits per heavy atom. The molecule has 1 aliphatic heterocycles. The van der Waals surface area contributed by atoms with Crippen molar-refractivity contribution < 1.29 is 10.0 Å². The van der Waals surface area contributed by atoms with Gasteiger partial charge in [-0.05, 0) is 18.1 Å². The molecule has 0 spiro atoms. The van der Waals surface area contributed by atoms with Crippen LogP contribution >= 0.6 is 0 Å². The summed E-state index contributed by atoms with van der Waals surface area (Å²) in [4.78, 5) is 18.0. The van der Waals surface area contributed by atoms with E-state index in [1.165, 1.54) is 12.3 Å². The van der Waals surface area contributed by atoms with E-state index >= 15 is 0 Å². The summed E-state index contributed by atoms with van der Waals surface area (Å²) in [5.74, 6) is 1.99. The smallest absolute Gasteiger partial charge is 0.287 e. The first-order valence-electron chi connectivity index (χ1n) is 9.97. The molecule has 158 valence electrons. The van der Waals surface area contributed by atoms with Gasteiger partial charge in [0.15, 0.2) is 5.82 Å². The Balaban J connectivity index is 1.57. The highest BCUT2D eigenvalue weighted by molar-refractivity contribution is 5.58. The van der Waals surface area contributed by atoms with E-state index in [4.69, 9.17) is 0 Å². The monoisotopic (exact) mass is 411 g/mol. The van der Waals surface area contributed by atoms with Crippen LogP contribution in [0.2, 0.25) is 0 Å². The average Bonchev–Trinajstić information content (AvgIpc) is 3.35. The zero-order valence-corrected chi connectivity index (χ0v) is 17.0. The number of nitrogens with zero attached hydrogens (tertiary/aromatic N) is 6. The maximum atomic E-state index is 11.0. The van der Waals surface area contributed by atoms with Gasteiger partial charge in [0.1, 0.15) is 5.75 Å². The lowest BCUT2D eigenvalue weighted by Crippen LogP contribution is -2.47. The Bertz CT molecular complexity index is 1030. The van der Waals surface area contributed by atoms with E-state index in [2.05, 4.69) is 38.8 Å². The molecule has 0 bridgehead atoms. The third-order valence-electron chi connectivity index (χ3n) is 5.16. The number of phenolic OH excluding ortho intramolecular Hbond substituents is 1. The predicted molar refractivity (Wildman–Crippen MR) is 114 cm³/mol. The Morgan fingerprint density at radius 1 is 1.17 bits per heavy atom. The van der Waals surface area contributed by atoms with Crippen molar-refractivity contribution in [2.75, 3.05) is 36.0 Å². The fraction of sp³-hybridized carbons (Fsp3) is 0.400. The minimum Gasteiger partial charge on any atom is -0.508 e. The molecular formula is C20H25N7O3. The van der Waals surface area contributed by atoms with Gasteiger partial charge in [0.05, 0.1) is 16.8 Å². The van der Waals surface area contributed by atoms with Crippen LogP contribution in [0, 0.1) is 16.0 Å². The third-order valence-corrected chi connectivity index (χ3v) is 5.16. The van der Waals surface area contributed by atoms with E-state index in [9.17, 15) is 15.2 Å². The van der Waals surface area contributed by atoms with Gasteiger partial charge >= 0.3 is 0 Å². The maximum Gasteiger partial charge on any atom is 0.287 e. The lowest BCUT2D eigenvalue weighted by atomic mass is 10.2. The molecule has 0 aliphatic carbocycles. The van der Waals surface area contributed by atoms with Gasteiger partial charge in [-0.1, -0.05) is 19.9 Å². The number of phenols is 1. The van der Waals surface area contributed by atoms with Crippen LogP contribution in [0.5, 0.6) is 5.75 Å². The first-order valence-corrected chi connectivity index (χ1v) is 9.97.